The second-order valence-electron chi connectivity index (χ2n) is 8.60. The van der Waals surface area contributed by atoms with E-state index in [0.29, 0.717) is 36.2 Å². The summed E-state index contributed by atoms with van der Waals surface area (Å²) in [5.74, 6) is -0.386. The van der Waals surface area contributed by atoms with Crippen molar-refractivity contribution in [1.29, 1.82) is 0 Å². The molecule has 5 rings (SSSR count). The Morgan fingerprint density at radius 1 is 1.17 bits per heavy atom. The average molecular weight is 500 g/mol. The van der Waals surface area contributed by atoms with Gasteiger partial charge in [0.1, 0.15) is 5.82 Å². The summed E-state index contributed by atoms with van der Waals surface area (Å²) in [6.07, 6.45) is -0.854. The maximum Gasteiger partial charge on any atom is 0.417 e. The molecule has 2 aromatic heterocycles. The number of hydrogen-bond donors (Lipinski definition) is 3. The van der Waals surface area contributed by atoms with Crippen LogP contribution >= 0.6 is 0 Å². The van der Waals surface area contributed by atoms with Gasteiger partial charge in [-0.25, -0.2) is 9.97 Å². The zero-order valence-corrected chi connectivity index (χ0v) is 19.0. The van der Waals surface area contributed by atoms with E-state index in [1.54, 1.807) is 36.7 Å². The molecule has 2 aliphatic rings. The number of carbonyl (C=O) groups excluding carboxylic acids is 1. The van der Waals surface area contributed by atoms with Crippen LogP contribution in [0.25, 0.3) is 11.1 Å². The number of fused-ring (bicyclic) bond motifs is 1. The number of nitrogens with zero attached hydrogens (tertiary/aromatic N) is 3. The molecule has 0 aliphatic carbocycles. The summed E-state index contributed by atoms with van der Waals surface area (Å²) in [5, 5.41) is 5.88. The monoisotopic (exact) mass is 500 g/mol. The third-order valence-electron chi connectivity index (χ3n) is 6.31. The van der Waals surface area contributed by atoms with Crippen LogP contribution in [0.5, 0.6) is 0 Å². The number of nitrogens with one attached hydrogen (secondary N) is 3. The molecule has 12 heteroatoms. The number of hydrogen-bond acceptors (Lipinski definition) is 7. The summed E-state index contributed by atoms with van der Waals surface area (Å²) in [6.45, 7) is 3.73. The standard InChI is InChI=1S/C24H23F3N6O3/c25-24(26,27)18-7-21(34)29-11-17(18)23(35)32-19-4-2-1-3-16(19)14-8-30-22(31-9-14)20-13-36-12-15-10-28-5-6-33(15)20/h1-4,7-9,11,15,20,28H,5-6,10,12-13H2,(H,29,34)(H,32,35). The van der Waals surface area contributed by atoms with Crippen LogP contribution in [-0.4, -0.2) is 64.6 Å². The summed E-state index contributed by atoms with van der Waals surface area (Å²) in [6, 6.07) is 7.21. The molecule has 2 aliphatic heterocycles. The molecule has 3 aromatic rings. The number of pyridine rings is 1. The van der Waals surface area contributed by atoms with Gasteiger partial charge in [-0.05, 0) is 6.07 Å². The quantitative estimate of drug-likeness (QED) is 0.505. The molecule has 0 saturated carbocycles. The van der Waals surface area contributed by atoms with E-state index in [2.05, 4.69) is 30.5 Å². The first kappa shape index (κ1) is 24.1. The van der Waals surface area contributed by atoms with Crippen molar-refractivity contribution in [3.05, 3.63) is 76.2 Å². The number of aromatic amines is 1. The Hall–Kier alpha value is -3.61. The van der Waals surface area contributed by atoms with E-state index in [-0.39, 0.29) is 17.8 Å². The first-order valence-corrected chi connectivity index (χ1v) is 11.4. The van der Waals surface area contributed by atoms with Crippen LogP contribution in [0.4, 0.5) is 18.9 Å². The Morgan fingerprint density at radius 3 is 2.72 bits per heavy atom. The highest BCUT2D eigenvalue weighted by atomic mass is 19.4. The van der Waals surface area contributed by atoms with E-state index in [9.17, 15) is 22.8 Å². The second kappa shape index (κ2) is 9.80. The number of anilines is 1. The topological polar surface area (TPSA) is 112 Å². The normalized spacial score (nSPS) is 20.5. The molecule has 36 heavy (non-hydrogen) atoms. The fourth-order valence-corrected chi connectivity index (χ4v) is 4.55. The van der Waals surface area contributed by atoms with Crippen molar-refractivity contribution < 1.29 is 22.7 Å². The zero-order chi connectivity index (χ0) is 25.3. The van der Waals surface area contributed by atoms with Crippen LogP contribution in [0.15, 0.2) is 53.7 Å². The third-order valence-corrected chi connectivity index (χ3v) is 6.31. The van der Waals surface area contributed by atoms with Crippen LogP contribution in [0.1, 0.15) is 27.8 Å². The molecule has 1 amide bonds. The van der Waals surface area contributed by atoms with Gasteiger partial charge in [0.2, 0.25) is 5.56 Å². The van der Waals surface area contributed by atoms with Crippen LogP contribution in [0.3, 0.4) is 0 Å². The van der Waals surface area contributed by atoms with E-state index in [4.69, 9.17) is 4.74 Å². The molecule has 2 saturated heterocycles. The Kier molecular flexibility index (Phi) is 6.56. The minimum Gasteiger partial charge on any atom is -0.378 e. The lowest BCUT2D eigenvalue weighted by atomic mass is 10.0. The van der Waals surface area contributed by atoms with Crippen molar-refractivity contribution in [2.75, 3.05) is 38.2 Å². The van der Waals surface area contributed by atoms with Crippen molar-refractivity contribution in [2.45, 2.75) is 18.3 Å². The molecular formula is C24H23F3N6O3. The van der Waals surface area contributed by atoms with Gasteiger partial charge in [-0.1, -0.05) is 18.2 Å². The number of piperazine rings is 1. The second-order valence-corrected chi connectivity index (χ2v) is 8.60. The van der Waals surface area contributed by atoms with Crippen molar-refractivity contribution in [2.24, 2.45) is 0 Å². The maximum absolute atomic E-state index is 13.4. The van der Waals surface area contributed by atoms with Crippen molar-refractivity contribution in [1.82, 2.24) is 25.2 Å². The first-order chi connectivity index (χ1) is 17.3. The molecule has 2 unspecified atom stereocenters. The molecule has 4 heterocycles. The number of benzene rings is 1. The number of morpholine rings is 1. The zero-order valence-electron chi connectivity index (χ0n) is 19.0. The van der Waals surface area contributed by atoms with Gasteiger partial charge >= 0.3 is 6.18 Å². The number of rotatable bonds is 4. The predicted octanol–water partition coefficient (Wildman–Crippen LogP) is 2.45. The summed E-state index contributed by atoms with van der Waals surface area (Å²) in [7, 11) is 0. The average Bonchev–Trinajstić information content (AvgIpc) is 2.88. The van der Waals surface area contributed by atoms with Crippen LogP contribution in [-0.2, 0) is 10.9 Å². The van der Waals surface area contributed by atoms with Crippen LogP contribution in [0.2, 0.25) is 0 Å². The number of aromatic nitrogens is 3. The summed E-state index contributed by atoms with van der Waals surface area (Å²) in [4.78, 5) is 37.8. The van der Waals surface area contributed by atoms with Gasteiger partial charge in [0, 0.05) is 67.1 Å². The highest BCUT2D eigenvalue weighted by Crippen LogP contribution is 2.33. The lowest BCUT2D eigenvalue weighted by molar-refractivity contribution is -0.138. The van der Waals surface area contributed by atoms with Gasteiger partial charge in [-0.3, -0.25) is 14.5 Å². The number of alkyl halides is 3. The first-order valence-electron chi connectivity index (χ1n) is 11.4. The number of carbonyl (C=O) groups is 1. The molecule has 188 valence electrons. The van der Waals surface area contributed by atoms with Crippen molar-refractivity contribution in [3.8, 4) is 11.1 Å². The Labute approximate surface area is 203 Å². The van der Waals surface area contributed by atoms with Gasteiger partial charge in [-0.15, -0.1) is 0 Å². The lowest BCUT2D eigenvalue weighted by Crippen LogP contribution is -2.58. The fraction of sp³-hybridized carbons (Fsp3) is 0.333. The molecule has 3 N–H and O–H groups in total. The molecule has 0 radical (unpaired) electrons. The summed E-state index contributed by atoms with van der Waals surface area (Å²) in [5.41, 5.74) is -1.55. The molecular weight excluding hydrogens is 477 g/mol. The van der Waals surface area contributed by atoms with Gasteiger partial charge in [-0.2, -0.15) is 13.2 Å². The summed E-state index contributed by atoms with van der Waals surface area (Å²) >= 11 is 0. The largest absolute Gasteiger partial charge is 0.417 e. The predicted molar refractivity (Wildman–Crippen MR) is 124 cm³/mol. The van der Waals surface area contributed by atoms with Gasteiger partial charge < -0.3 is 20.4 Å². The van der Waals surface area contributed by atoms with E-state index < -0.39 is 28.8 Å². The van der Waals surface area contributed by atoms with E-state index >= 15 is 0 Å². The van der Waals surface area contributed by atoms with E-state index in [1.165, 1.54) is 0 Å². The smallest absolute Gasteiger partial charge is 0.378 e. The van der Waals surface area contributed by atoms with Crippen molar-refractivity contribution >= 4 is 11.6 Å². The highest BCUT2D eigenvalue weighted by Gasteiger charge is 2.37. The fourth-order valence-electron chi connectivity index (χ4n) is 4.55. The number of halogens is 3. The Morgan fingerprint density at radius 2 is 1.94 bits per heavy atom. The van der Waals surface area contributed by atoms with Crippen LogP contribution in [0, 0.1) is 0 Å². The van der Waals surface area contributed by atoms with Crippen molar-refractivity contribution in [3.63, 3.8) is 0 Å². The minimum atomic E-state index is -4.86. The Balaban J connectivity index is 1.40. The number of ether oxygens (including phenoxy) is 1. The lowest BCUT2D eigenvalue weighted by Gasteiger charge is -2.44. The molecule has 0 spiro atoms. The third kappa shape index (κ3) is 4.87. The molecule has 1 aromatic carbocycles. The minimum absolute atomic E-state index is 0.0733. The van der Waals surface area contributed by atoms with E-state index in [0.717, 1.165) is 25.8 Å². The molecule has 0 bridgehead atoms. The number of para-hydroxylation sites is 1. The highest BCUT2D eigenvalue weighted by molar-refractivity contribution is 6.07. The summed E-state index contributed by atoms with van der Waals surface area (Å²) < 4.78 is 46.0. The molecule has 2 atom stereocenters. The number of H-pyrrole nitrogens is 1. The van der Waals surface area contributed by atoms with E-state index in [1.807, 2.05) is 0 Å². The number of amides is 1. The SMILES string of the molecule is O=C(Nc1ccccc1-c1cnc(C2COCC3CNCCN32)nc1)c1c[nH]c(=O)cc1C(F)(F)F. The Bertz CT molecular complexity index is 1310. The molecule has 9 nitrogen and oxygen atoms in total. The van der Waals surface area contributed by atoms with Crippen LogP contribution < -0.4 is 16.2 Å². The van der Waals surface area contributed by atoms with Gasteiger partial charge in [0.05, 0.1) is 30.4 Å². The molecule has 2 fully saturated rings. The maximum atomic E-state index is 13.4. The van der Waals surface area contributed by atoms with Gasteiger partial charge in [0.25, 0.3) is 5.91 Å². The van der Waals surface area contributed by atoms with Gasteiger partial charge in [0.15, 0.2) is 0 Å².